The minimum absolute atomic E-state index is 0. The Morgan fingerprint density at radius 3 is 1.13 bits per heavy atom. The predicted octanol–water partition coefficient (Wildman–Crippen LogP) is 3.57. The van der Waals surface area contributed by atoms with E-state index in [1.165, 1.54) is 12.1 Å². The summed E-state index contributed by atoms with van der Waals surface area (Å²) < 4.78 is 0. The molecule has 0 aliphatic heterocycles. The summed E-state index contributed by atoms with van der Waals surface area (Å²) in [6, 6.07) is 6.59. The SMILES string of the molecule is CC(C)(C)c1cc(C(=O)O)c([O-])c(C(C)(C)C)c1.CC(C)(C)c1cc(C(=O)[O-])c([O-])c(C(C)(C)C)c1.O.[Al+3]. The number of rotatable bonds is 2. The zero-order chi connectivity index (χ0) is 28.6. The minimum atomic E-state index is -1.41. The van der Waals surface area contributed by atoms with Gasteiger partial charge in [-0.25, -0.2) is 4.79 Å². The van der Waals surface area contributed by atoms with Crippen LogP contribution in [0.4, 0.5) is 0 Å². The van der Waals surface area contributed by atoms with Crippen molar-refractivity contribution in [2.24, 2.45) is 0 Å². The van der Waals surface area contributed by atoms with E-state index >= 15 is 0 Å². The van der Waals surface area contributed by atoms with Crippen LogP contribution in [-0.4, -0.2) is 39.9 Å². The zero-order valence-corrected chi connectivity index (χ0v) is 26.0. The van der Waals surface area contributed by atoms with Crippen LogP contribution in [0, 0.1) is 0 Å². The maximum Gasteiger partial charge on any atom is 3.00 e. The van der Waals surface area contributed by atoms with Gasteiger partial charge in [-0.05, 0) is 55.5 Å². The molecule has 0 spiro atoms. The second-order valence-electron chi connectivity index (χ2n) is 13.4. The number of aromatic carboxylic acids is 2. The second kappa shape index (κ2) is 12.6. The van der Waals surface area contributed by atoms with E-state index in [4.69, 9.17) is 5.11 Å². The van der Waals surface area contributed by atoms with Crippen molar-refractivity contribution in [3.63, 3.8) is 0 Å². The molecule has 2 rings (SSSR count). The molecule has 0 saturated heterocycles. The Bertz CT molecular complexity index is 1050. The molecule has 0 aromatic heterocycles. The van der Waals surface area contributed by atoms with E-state index in [0.29, 0.717) is 11.1 Å². The van der Waals surface area contributed by atoms with Gasteiger partial charge in [0.1, 0.15) is 0 Å². The first-order chi connectivity index (χ1) is 15.9. The summed E-state index contributed by atoms with van der Waals surface area (Å²) in [5.74, 6) is -3.37. The van der Waals surface area contributed by atoms with Gasteiger partial charge in [0.25, 0.3) is 0 Å². The normalized spacial score (nSPS) is 11.9. The van der Waals surface area contributed by atoms with Crippen molar-refractivity contribution in [2.45, 2.75) is 105 Å². The summed E-state index contributed by atoms with van der Waals surface area (Å²) >= 11 is 0. The summed E-state index contributed by atoms with van der Waals surface area (Å²) in [6.07, 6.45) is 0. The fraction of sp³-hybridized carbons (Fsp3) is 0.533. The Kier molecular flexibility index (Phi) is 12.4. The van der Waals surface area contributed by atoms with Gasteiger partial charge in [-0.1, -0.05) is 113 Å². The summed E-state index contributed by atoms with van der Waals surface area (Å²) in [6.45, 7) is 23.4. The number of hydrogen-bond donors (Lipinski definition) is 1. The van der Waals surface area contributed by atoms with Crippen LogP contribution < -0.4 is 15.3 Å². The van der Waals surface area contributed by atoms with Gasteiger partial charge >= 0.3 is 23.3 Å². The third-order valence-corrected chi connectivity index (χ3v) is 5.98. The van der Waals surface area contributed by atoms with Gasteiger partial charge in [0.2, 0.25) is 0 Å². The topological polar surface area (TPSA) is 155 Å². The van der Waals surface area contributed by atoms with E-state index in [9.17, 15) is 24.9 Å². The van der Waals surface area contributed by atoms with E-state index in [1.54, 1.807) is 0 Å². The number of carboxylic acids is 2. The molecule has 2 aromatic rings. The van der Waals surface area contributed by atoms with Crippen molar-refractivity contribution < 1.29 is 35.5 Å². The Morgan fingerprint density at radius 1 is 0.605 bits per heavy atom. The van der Waals surface area contributed by atoms with Crippen molar-refractivity contribution in [3.8, 4) is 11.5 Å². The zero-order valence-electron chi connectivity index (χ0n) is 24.9. The summed E-state index contributed by atoms with van der Waals surface area (Å²) in [5.41, 5.74) is 1.29. The molecule has 0 heterocycles. The molecule has 3 N–H and O–H groups in total. The summed E-state index contributed by atoms with van der Waals surface area (Å²) in [5, 5.41) is 44.5. The molecule has 0 aliphatic carbocycles. The van der Waals surface area contributed by atoms with Gasteiger partial charge in [0.05, 0.1) is 11.5 Å². The Hall–Kier alpha value is -2.53. The van der Waals surface area contributed by atoms with Crippen LogP contribution in [0.15, 0.2) is 24.3 Å². The molecular weight excluding hydrogens is 499 g/mol. The number of carboxylic acid groups (broad SMARTS) is 2. The first-order valence-corrected chi connectivity index (χ1v) is 12.1. The maximum atomic E-state index is 12.2. The molecule has 7 nitrogen and oxygen atoms in total. The van der Waals surface area contributed by atoms with Crippen LogP contribution in [-0.2, 0) is 21.7 Å². The largest absolute Gasteiger partial charge is 3.00 e. The third kappa shape index (κ3) is 9.34. The van der Waals surface area contributed by atoms with Gasteiger partial charge in [0, 0.05) is 0 Å². The van der Waals surface area contributed by atoms with Crippen molar-refractivity contribution >= 4 is 29.3 Å². The fourth-order valence-corrected chi connectivity index (χ4v) is 3.55. The Labute approximate surface area is 238 Å². The van der Waals surface area contributed by atoms with Crippen LogP contribution in [0.25, 0.3) is 0 Å². The number of hydrogen-bond acceptors (Lipinski definition) is 5. The minimum Gasteiger partial charge on any atom is -0.872 e. The molecule has 0 saturated carbocycles. The molecule has 8 heteroatoms. The van der Waals surface area contributed by atoms with Gasteiger partial charge in [-0.3, -0.25) is 0 Å². The number of carbonyl (C=O) groups is 2. The van der Waals surface area contributed by atoms with Crippen LogP contribution in [0.3, 0.4) is 0 Å². The first kappa shape index (κ1) is 37.6. The summed E-state index contributed by atoms with van der Waals surface area (Å²) in [4.78, 5) is 22.2. The molecule has 0 atom stereocenters. The number of carbonyl (C=O) groups excluding carboxylic acids is 1. The van der Waals surface area contributed by atoms with E-state index in [0.717, 1.165) is 11.1 Å². The van der Waals surface area contributed by atoms with E-state index < -0.39 is 17.7 Å². The first-order valence-electron chi connectivity index (χ1n) is 12.1. The Morgan fingerprint density at radius 2 is 0.895 bits per heavy atom. The molecule has 0 fully saturated rings. The van der Waals surface area contributed by atoms with E-state index in [1.807, 2.05) is 95.2 Å². The molecule has 0 bridgehead atoms. The van der Waals surface area contributed by atoms with Crippen LogP contribution >= 0.6 is 0 Å². The monoisotopic (exact) mass is 542 g/mol. The van der Waals surface area contributed by atoms with Crippen molar-refractivity contribution in [1.29, 1.82) is 0 Å². The van der Waals surface area contributed by atoms with Gasteiger partial charge in [0.15, 0.2) is 0 Å². The van der Waals surface area contributed by atoms with Crippen molar-refractivity contribution in [3.05, 3.63) is 57.6 Å². The van der Waals surface area contributed by atoms with Crippen molar-refractivity contribution in [1.82, 2.24) is 0 Å². The Balaban J connectivity index is 0. The molecule has 38 heavy (non-hydrogen) atoms. The maximum absolute atomic E-state index is 12.2. The van der Waals surface area contributed by atoms with Crippen LogP contribution in [0.5, 0.6) is 11.5 Å². The van der Waals surface area contributed by atoms with Crippen LogP contribution in [0.2, 0.25) is 0 Å². The smallest absolute Gasteiger partial charge is 0.872 e. The third-order valence-electron chi connectivity index (χ3n) is 5.98. The van der Waals surface area contributed by atoms with Crippen molar-refractivity contribution in [2.75, 3.05) is 0 Å². The van der Waals surface area contributed by atoms with E-state index in [2.05, 4.69) is 0 Å². The second-order valence-corrected chi connectivity index (χ2v) is 13.4. The average molecular weight is 543 g/mol. The predicted molar refractivity (Wildman–Crippen MR) is 147 cm³/mol. The average Bonchev–Trinajstić information content (AvgIpc) is 2.64. The summed E-state index contributed by atoms with van der Waals surface area (Å²) in [7, 11) is 0. The van der Waals surface area contributed by atoms with Gasteiger partial charge < -0.3 is 30.7 Å². The quantitative estimate of drug-likeness (QED) is 0.572. The fourth-order valence-electron chi connectivity index (χ4n) is 3.55. The molecule has 0 radical (unpaired) electrons. The molecule has 2 aromatic carbocycles. The molecule has 0 aliphatic rings. The van der Waals surface area contributed by atoms with Gasteiger partial charge in [-0.2, -0.15) is 0 Å². The standard InChI is InChI=1S/2C15H22O3.Al.H2O/c2*1-14(2,3)9-7-10(13(17)18)12(16)11(8-9)15(4,5)6;;/h2*7-8,16H,1-6H3,(H,17,18);;1H2/q;;+3;/p-3. The molecule has 0 unspecified atom stereocenters. The van der Waals surface area contributed by atoms with Gasteiger partial charge in [-0.15, -0.1) is 0 Å². The molecular formula is C30H43AlO7. The van der Waals surface area contributed by atoms with Crippen LogP contribution in [0.1, 0.15) is 126 Å². The molecule has 208 valence electrons. The van der Waals surface area contributed by atoms with E-state index in [-0.39, 0.29) is 61.4 Å². The number of benzene rings is 2. The molecule has 0 amide bonds.